The molecule has 2 aromatic heterocycles. The number of carbonyl (C=O) groups is 1. The van der Waals surface area contributed by atoms with Gasteiger partial charge in [-0.1, -0.05) is 58.6 Å². The zero-order valence-electron chi connectivity index (χ0n) is 17.1. The van der Waals surface area contributed by atoms with Crippen molar-refractivity contribution in [3.05, 3.63) is 29.8 Å². The van der Waals surface area contributed by atoms with E-state index < -0.39 is 5.97 Å². The summed E-state index contributed by atoms with van der Waals surface area (Å²) in [5.41, 5.74) is 9.48. The fraction of sp³-hybridized carbons (Fsp3) is 0.500. The fourth-order valence-electron chi connectivity index (χ4n) is 3.25. The van der Waals surface area contributed by atoms with Crippen LogP contribution in [0.3, 0.4) is 0 Å². The first-order valence-corrected chi connectivity index (χ1v) is 10.3. The van der Waals surface area contributed by atoms with Gasteiger partial charge in [0.1, 0.15) is 16.9 Å². The number of benzene rings is 1. The van der Waals surface area contributed by atoms with Gasteiger partial charge < -0.3 is 15.0 Å². The first kappa shape index (κ1) is 20.1. The number of nitrogens with two attached hydrogens (primary N) is 1. The number of ether oxygens (including phenoxy) is 1. The van der Waals surface area contributed by atoms with Crippen LogP contribution in [0.1, 0.15) is 63.2 Å². The Bertz CT molecular complexity index is 964. The molecule has 0 spiro atoms. The molecule has 0 amide bonds. The number of aryl methyl sites for hydroxylation is 1. The monoisotopic (exact) mass is 382 g/mol. The van der Waals surface area contributed by atoms with Gasteiger partial charge in [-0.25, -0.2) is 14.8 Å². The van der Waals surface area contributed by atoms with Crippen LogP contribution < -0.4 is 5.73 Å². The molecule has 0 aliphatic heterocycles. The van der Waals surface area contributed by atoms with Crippen molar-refractivity contribution < 1.29 is 9.53 Å². The third-order valence-electron chi connectivity index (χ3n) is 5.23. The fourth-order valence-corrected chi connectivity index (χ4v) is 3.25. The van der Waals surface area contributed by atoms with Crippen LogP contribution in [0, 0.1) is 5.92 Å². The molecule has 0 radical (unpaired) electrons. The molecule has 150 valence electrons. The summed E-state index contributed by atoms with van der Waals surface area (Å²) in [4.78, 5) is 22.3. The maximum atomic E-state index is 12.8. The minimum absolute atomic E-state index is 0.305. The van der Waals surface area contributed by atoms with Crippen molar-refractivity contribution in [2.45, 2.75) is 59.4 Å². The quantitative estimate of drug-likeness (QED) is 0.418. The van der Waals surface area contributed by atoms with E-state index in [-0.39, 0.29) is 0 Å². The second kappa shape index (κ2) is 9.04. The number of unbranched alkanes of at least 4 members (excludes halogenated alkanes) is 3. The Balaban J connectivity index is 2.04. The summed E-state index contributed by atoms with van der Waals surface area (Å²) < 4.78 is 7.46. The lowest BCUT2D eigenvalue weighted by Gasteiger charge is -2.10. The Labute approximate surface area is 166 Å². The minimum Gasteiger partial charge on any atom is -0.462 e. The molecule has 2 N–H and O–H groups in total. The average Bonchev–Trinajstić information content (AvgIpc) is 2.98. The lowest BCUT2D eigenvalue weighted by Crippen LogP contribution is -2.14. The van der Waals surface area contributed by atoms with Crippen LogP contribution in [-0.4, -0.2) is 27.1 Å². The normalized spacial score (nSPS) is 12.5. The summed E-state index contributed by atoms with van der Waals surface area (Å²) in [6.07, 6.45) is 5.39. The van der Waals surface area contributed by atoms with Crippen LogP contribution in [0.4, 0.5) is 5.82 Å². The topological polar surface area (TPSA) is 83.0 Å². The maximum Gasteiger partial charge on any atom is 0.344 e. The number of nitrogens with zero attached hydrogens (tertiary/aromatic N) is 3. The highest BCUT2D eigenvalue weighted by molar-refractivity contribution is 6.08. The molecule has 2 heterocycles. The van der Waals surface area contributed by atoms with Crippen LogP contribution >= 0.6 is 0 Å². The van der Waals surface area contributed by atoms with Gasteiger partial charge in [-0.2, -0.15) is 0 Å². The highest BCUT2D eigenvalue weighted by Crippen LogP contribution is 2.29. The van der Waals surface area contributed by atoms with Crippen LogP contribution in [0.25, 0.3) is 22.2 Å². The molecule has 0 fully saturated rings. The molecule has 1 aromatic carbocycles. The van der Waals surface area contributed by atoms with Crippen molar-refractivity contribution in [3.8, 4) is 0 Å². The summed E-state index contributed by atoms with van der Waals surface area (Å²) >= 11 is 0. The molecular formula is C22H30N4O2. The Morgan fingerprint density at radius 3 is 2.54 bits per heavy atom. The number of rotatable bonds is 9. The molecule has 0 aliphatic rings. The zero-order chi connectivity index (χ0) is 20.1. The number of carbonyl (C=O) groups excluding carboxylic acids is 1. The van der Waals surface area contributed by atoms with E-state index >= 15 is 0 Å². The predicted octanol–water partition coefficient (Wildman–Crippen LogP) is 4.95. The standard InChI is InChI=1S/C22H30N4O2/c1-4-6-7-10-13-26-20(23)18(22(27)28-14-15(3)5-2)19-21(26)25-17-12-9-8-11-16(17)24-19/h8-9,11-12,15H,4-7,10,13-14,23H2,1-3H3. The van der Waals surface area contributed by atoms with E-state index in [1.165, 1.54) is 12.8 Å². The van der Waals surface area contributed by atoms with E-state index in [1.807, 2.05) is 28.8 Å². The molecule has 0 saturated heterocycles. The van der Waals surface area contributed by atoms with Gasteiger partial charge in [0.05, 0.1) is 17.6 Å². The third-order valence-corrected chi connectivity index (χ3v) is 5.23. The number of para-hydroxylation sites is 2. The summed E-state index contributed by atoms with van der Waals surface area (Å²) in [6.45, 7) is 7.41. The number of nitrogen functional groups attached to an aromatic ring is 1. The van der Waals surface area contributed by atoms with E-state index in [0.29, 0.717) is 41.6 Å². The van der Waals surface area contributed by atoms with E-state index in [0.717, 1.165) is 30.3 Å². The Morgan fingerprint density at radius 1 is 1.14 bits per heavy atom. The van der Waals surface area contributed by atoms with Crippen LogP contribution in [0.5, 0.6) is 0 Å². The molecule has 6 nitrogen and oxygen atoms in total. The summed E-state index contributed by atoms with van der Waals surface area (Å²) in [6, 6.07) is 7.66. The summed E-state index contributed by atoms with van der Waals surface area (Å²) in [5, 5.41) is 0. The molecule has 1 unspecified atom stereocenters. The van der Waals surface area contributed by atoms with Gasteiger partial charge in [0, 0.05) is 6.54 Å². The van der Waals surface area contributed by atoms with Crippen LogP contribution in [0.2, 0.25) is 0 Å². The van der Waals surface area contributed by atoms with Gasteiger partial charge in [-0.05, 0) is 24.5 Å². The van der Waals surface area contributed by atoms with Gasteiger partial charge in [0.2, 0.25) is 0 Å². The summed E-state index contributed by atoms with van der Waals surface area (Å²) in [7, 11) is 0. The molecule has 3 rings (SSSR count). The number of fused-ring (bicyclic) bond motifs is 2. The lowest BCUT2D eigenvalue weighted by atomic mass is 10.1. The number of aromatic nitrogens is 3. The van der Waals surface area contributed by atoms with E-state index in [4.69, 9.17) is 20.4 Å². The minimum atomic E-state index is -0.417. The molecule has 1 atom stereocenters. The smallest absolute Gasteiger partial charge is 0.344 e. The van der Waals surface area contributed by atoms with Gasteiger partial charge in [0.15, 0.2) is 5.65 Å². The number of hydrogen-bond acceptors (Lipinski definition) is 5. The van der Waals surface area contributed by atoms with E-state index in [2.05, 4.69) is 20.8 Å². The predicted molar refractivity (Wildman–Crippen MR) is 113 cm³/mol. The molecule has 0 aliphatic carbocycles. The van der Waals surface area contributed by atoms with Crippen molar-refractivity contribution in [3.63, 3.8) is 0 Å². The van der Waals surface area contributed by atoms with Gasteiger partial charge >= 0.3 is 5.97 Å². The summed E-state index contributed by atoms with van der Waals surface area (Å²) in [5.74, 6) is 0.287. The van der Waals surface area contributed by atoms with Crippen molar-refractivity contribution in [2.75, 3.05) is 12.3 Å². The second-order valence-corrected chi connectivity index (χ2v) is 7.47. The Hall–Kier alpha value is -2.63. The maximum absolute atomic E-state index is 12.8. The first-order chi connectivity index (χ1) is 13.6. The highest BCUT2D eigenvalue weighted by atomic mass is 16.5. The van der Waals surface area contributed by atoms with Crippen molar-refractivity contribution in [1.29, 1.82) is 0 Å². The van der Waals surface area contributed by atoms with Crippen LogP contribution in [-0.2, 0) is 11.3 Å². The molecule has 6 heteroatoms. The van der Waals surface area contributed by atoms with Gasteiger partial charge in [-0.3, -0.25) is 0 Å². The molecule has 0 saturated carbocycles. The number of hydrogen-bond donors (Lipinski definition) is 1. The average molecular weight is 383 g/mol. The molecule has 0 bridgehead atoms. The number of anilines is 1. The van der Waals surface area contributed by atoms with Gasteiger partial charge in [0.25, 0.3) is 0 Å². The second-order valence-electron chi connectivity index (χ2n) is 7.47. The molecule has 3 aromatic rings. The Kier molecular flexibility index (Phi) is 6.49. The highest BCUT2D eigenvalue weighted by Gasteiger charge is 2.25. The Morgan fingerprint density at radius 2 is 1.86 bits per heavy atom. The third kappa shape index (κ3) is 4.11. The SMILES string of the molecule is CCCCCCn1c(N)c(C(=O)OCC(C)CC)c2nc3ccccc3nc21. The zero-order valence-corrected chi connectivity index (χ0v) is 17.1. The van der Waals surface area contributed by atoms with Crippen molar-refractivity contribution in [2.24, 2.45) is 5.92 Å². The van der Waals surface area contributed by atoms with Gasteiger partial charge in [-0.15, -0.1) is 0 Å². The van der Waals surface area contributed by atoms with Crippen molar-refractivity contribution >= 4 is 34.0 Å². The molecular weight excluding hydrogens is 352 g/mol. The first-order valence-electron chi connectivity index (χ1n) is 10.3. The van der Waals surface area contributed by atoms with Crippen molar-refractivity contribution in [1.82, 2.24) is 14.5 Å². The number of esters is 1. The van der Waals surface area contributed by atoms with E-state index in [9.17, 15) is 4.79 Å². The largest absolute Gasteiger partial charge is 0.462 e. The lowest BCUT2D eigenvalue weighted by molar-refractivity contribution is 0.0450. The van der Waals surface area contributed by atoms with E-state index in [1.54, 1.807) is 0 Å². The van der Waals surface area contributed by atoms with Crippen LogP contribution in [0.15, 0.2) is 24.3 Å². The molecule has 28 heavy (non-hydrogen) atoms.